The molecule has 0 bridgehead atoms. The molecule has 2 aromatic heterocycles. The van der Waals surface area contributed by atoms with Crippen molar-refractivity contribution in [3.05, 3.63) is 41.4 Å². The minimum absolute atomic E-state index is 0.259. The molecule has 0 saturated carbocycles. The van der Waals surface area contributed by atoms with Gasteiger partial charge in [-0.15, -0.1) is 10.2 Å². The van der Waals surface area contributed by atoms with Crippen molar-refractivity contribution in [3.8, 4) is 11.5 Å². The lowest BCUT2D eigenvalue weighted by Gasteiger charge is -2.19. The third kappa shape index (κ3) is 2.09. The van der Waals surface area contributed by atoms with Crippen molar-refractivity contribution in [2.45, 2.75) is 38.6 Å². The number of para-hydroxylation sites is 1. The second-order valence-corrected chi connectivity index (χ2v) is 5.87. The van der Waals surface area contributed by atoms with Crippen LogP contribution in [0.4, 0.5) is 0 Å². The smallest absolute Gasteiger partial charge is 0.248 e. The number of rotatable bonds is 2. The summed E-state index contributed by atoms with van der Waals surface area (Å²) in [6.07, 6.45) is 4.39. The van der Waals surface area contributed by atoms with Gasteiger partial charge in [0.25, 0.3) is 0 Å². The van der Waals surface area contributed by atoms with Crippen molar-refractivity contribution in [3.63, 3.8) is 0 Å². The van der Waals surface area contributed by atoms with Crippen LogP contribution in [-0.4, -0.2) is 15.2 Å². The number of hydrogen-bond donors (Lipinski definition) is 1. The van der Waals surface area contributed by atoms with Crippen LogP contribution >= 0.6 is 0 Å². The van der Waals surface area contributed by atoms with Crippen molar-refractivity contribution in [2.24, 2.45) is 5.73 Å². The zero-order valence-electron chi connectivity index (χ0n) is 12.5. The van der Waals surface area contributed by atoms with Crippen molar-refractivity contribution >= 4 is 10.9 Å². The lowest BCUT2D eigenvalue weighted by molar-refractivity contribution is 0.473. The van der Waals surface area contributed by atoms with E-state index in [4.69, 9.17) is 15.1 Å². The summed E-state index contributed by atoms with van der Waals surface area (Å²) < 4.78 is 5.83. The van der Waals surface area contributed by atoms with E-state index in [1.165, 1.54) is 24.1 Å². The Hall–Kier alpha value is -2.27. The molecule has 3 aromatic rings. The molecule has 1 aliphatic carbocycles. The van der Waals surface area contributed by atoms with E-state index in [9.17, 15) is 0 Å². The van der Waals surface area contributed by atoms with Gasteiger partial charge in [0.1, 0.15) is 0 Å². The quantitative estimate of drug-likeness (QED) is 0.785. The molecule has 1 aromatic carbocycles. The van der Waals surface area contributed by atoms with Crippen LogP contribution < -0.4 is 5.73 Å². The van der Waals surface area contributed by atoms with Gasteiger partial charge < -0.3 is 10.2 Å². The van der Waals surface area contributed by atoms with E-state index >= 15 is 0 Å². The largest absolute Gasteiger partial charge is 0.419 e. The maximum atomic E-state index is 5.85. The summed E-state index contributed by atoms with van der Waals surface area (Å²) in [5.41, 5.74) is 10.3. The Labute approximate surface area is 128 Å². The molecule has 5 heteroatoms. The Morgan fingerprint density at radius 1 is 1.14 bits per heavy atom. The predicted octanol–water partition coefficient (Wildman–Crippen LogP) is 3.18. The van der Waals surface area contributed by atoms with Gasteiger partial charge in [0, 0.05) is 11.1 Å². The number of benzene rings is 1. The summed E-state index contributed by atoms with van der Waals surface area (Å²) >= 11 is 0. The summed E-state index contributed by atoms with van der Waals surface area (Å²) in [6, 6.07) is 7.88. The Morgan fingerprint density at radius 3 is 2.77 bits per heavy atom. The molecule has 0 fully saturated rings. The predicted molar refractivity (Wildman–Crippen MR) is 84.3 cm³/mol. The number of pyridine rings is 1. The van der Waals surface area contributed by atoms with Crippen LogP contribution in [0.25, 0.3) is 22.4 Å². The van der Waals surface area contributed by atoms with Gasteiger partial charge in [0.2, 0.25) is 11.8 Å². The van der Waals surface area contributed by atoms with Gasteiger partial charge in [-0.2, -0.15) is 0 Å². The summed E-state index contributed by atoms with van der Waals surface area (Å²) in [5, 5.41) is 9.40. The summed E-state index contributed by atoms with van der Waals surface area (Å²) in [7, 11) is 0. The van der Waals surface area contributed by atoms with E-state index in [1.54, 1.807) is 0 Å². The molecule has 0 amide bonds. The SMILES string of the molecule is CC(N)c1nnc(-c2c3c(nc4ccccc24)CCCC3)o1. The molecule has 1 atom stereocenters. The van der Waals surface area contributed by atoms with Gasteiger partial charge in [-0.3, -0.25) is 4.98 Å². The molecular formula is C17H18N4O. The first-order valence-corrected chi connectivity index (χ1v) is 7.74. The first-order valence-electron chi connectivity index (χ1n) is 7.74. The Bertz CT molecular complexity index is 838. The van der Waals surface area contributed by atoms with Crippen molar-refractivity contribution in [1.29, 1.82) is 0 Å². The minimum Gasteiger partial charge on any atom is -0.419 e. The van der Waals surface area contributed by atoms with Gasteiger partial charge in [0.05, 0.1) is 17.1 Å². The monoisotopic (exact) mass is 294 g/mol. The highest BCUT2D eigenvalue weighted by molar-refractivity contribution is 5.94. The van der Waals surface area contributed by atoms with Crippen LogP contribution in [0.2, 0.25) is 0 Å². The van der Waals surface area contributed by atoms with Crippen LogP contribution in [0.5, 0.6) is 0 Å². The standard InChI is InChI=1S/C17H18N4O/c1-10(18)16-20-21-17(22-16)15-11-6-2-4-8-13(11)19-14-9-5-3-7-12(14)15/h2,4,6,8,10H,3,5,7,9,18H2,1H3. The van der Waals surface area contributed by atoms with Gasteiger partial charge >= 0.3 is 0 Å². The average molecular weight is 294 g/mol. The third-order valence-corrected chi connectivity index (χ3v) is 4.21. The maximum Gasteiger partial charge on any atom is 0.248 e. The number of aromatic nitrogens is 3. The topological polar surface area (TPSA) is 77.8 Å². The first kappa shape index (κ1) is 13.4. The summed E-state index contributed by atoms with van der Waals surface area (Å²) in [5.74, 6) is 1.03. The van der Waals surface area contributed by atoms with Crippen molar-refractivity contribution < 1.29 is 4.42 Å². The van der Waals surface area contributed by atoms with E-state index in [1.807, 2.05) is 25.1 Å². The lowest BCUT2D eigenvalue weighted by atomic mass is 9.90. The van der Waals surface area contributed by atoms with Gasteiger partial charge in [0.15, 0.2) is 0 Å². The van der Waals surface area contributed by atoms with Crippen LogP contribution in [0, 0.1) is 0 Å². The molecule has 1 unspecified atom stereocenters. The minimum atomic E-state index is -0.259. The van der Waals surface area contributed by atoms with Gasteiger partial charge in [-0.1, -0.05) is 18.2 Å². The zero-order valence-corrected chi connectivity index (χ0v) is 12.5. The zero-order chi connectivity index (χ0) is 15.1. The Balaban J connectivity index is 2.01. The molecule has 112 valence electrons. The fraction of sp³-hybridized carbons (Fsp3) is 0.353. The third-order valence-electron chi connectivity index (χ3n) is 4.21. The fourth-order valence-electron chi connectivity index (χ4n) is 3.14. The van der Waals surface area contributed by atoms with Gasteiger partial charge in [-0.05, 0) is 44.2 Å². The highest BCUT2D eigenvalue weighted by Gasteiger charge is 2.23. The van der Waals surface area contributed by atoms with E-state index < -0.39 is 0 Å². The van der Waals surface area contributed by atoms with E-state index in [-0.39, 0.29) is 6.04 Å². The summed E-state index contributed by atoms with van der Waals surface area (Å²) in [4.78, 5) is 4.83. The molecule has 0 spiro atoms. The number of nitrogens with zero attached hydrogens (tertiary/aromatic N) is 3. The normalized spacial score (nSPS) is 15.7. The molecule has 2 heterocycles. The van der Waals surface area contributed by atoms with Gasteiger partial charge in [-0.25, -0.2) is 0 Å². The molecule has 2 N–H and O–H groups in total. The highest BCUT2D eigenvalue weighted by Crippen LogP contribution is 2.36. The lowest BCUT2D eigenvalue weighted by Crippen LogP contribution is -2.08. The fourth-order valence-corrected chi connectivity index (χ4v) is 3.14. The maximum absolute atomic E-state index is 5.85. The van der Waals surface area contributed by atoms with Crippen molar-refractivity contribution in [2.75, 3.05) is 0 Å². The number of aryl methyl sites for hydroxylation is 1. The second-order valence-electron chi connectivity index (χ2n) is 5.87. The molecule has 0 saturated heterocycles. The van der Waals surface area contributed by atoms with Crippen molar-refractivity contribution in [1.82, 2.24) is 15.2 Å². The number of nitrogens with two attached hydrogens (primary N) is 1. The molecule has 1 aliphatic rings. The van der Waals surface area contributed by atoms with Crippen LogP contribution in [0.1, 0.15) is 43.0 Å². The molecule has 22 heavy (non-hydrogen) atoms. The van der Waals surface area contributed by atoms with Crippen LogP contribution in [0.15, 0.2) is 28.7 Å². The van der Waals surface area contributed by atoms with E-state index in [0.717, 1.165) is 29.3 Å². The summed E-state index contributed by atoms with van der Waals surface area (Å²) in [6.45, 7) is 1.84. The average Bonchev–Trinajstić information content (AvgIpc) is 3.02. The first-order chi connectivity index (χ1) is 10.7. The molecular weight excluding hydrogens is 276 g/mol. The molecule has 0 radical (unpaired) electrons. The van der Waals surface area contributed by atoms with E-state index in [2.05, 4.69) is 16.3 Å². The Morgan fingerprint density at radius 2 is 1.95 bits per heavy atom. The Kier molecular flexibility index (Phi) is 3.15. The van der Waals surface area contributed by atoms with Crippen LogP contribution in [-0.2, 0) is 12.8 Å². The number of hydrogen-bond acceptors (Lipinski definition) is 5. The van der Waals surface area contributed by atoms with E-state index in [0.29, 0.717) is 11.8 Å². The second kappa shape index (κ2) is 5.18. The number of fused-ring (bicyclic) bond motifs is 2. The molecule has 4 rings (SSSR count). The molecule has 0 aliphatic heterocycles. The highest BCUT2D eigenvalue weighted by atomic mass is 16.4. The molecule has 5 nitrogen and oxygen atoms in total. The van der Waals surface area contributed by atoms with Crippen LogP contribution in [0.3, 0.4) is 0 Å².